The highest BCUT2D eigenvalue weighted by atomic mass is 32.2. The molecule has 26 heavy (non-hydrogen) atoms. The van der Waals surface area contributed by atoms with E-state index in [4.69, 9.17) is 0 Å². The van der Waals surface area contributed by atoms with E-state index in [9.17, 15) is 22.0 Å². The van der Waals surface area contributed by atoms with E-state index in [-0.39, 0.29) is 13.1 Å². The summed E-state index contributed by atoms with van der Waals surface area (Å²) in [6.07, 6.45) is 3.18. The van der Waals surface area contributed by atoms with Gasteiger partial charge in [0.25, 0.3) is 5.56 Å². The van der Waals surface area contributed by atoms with Crippen LogP contribution in [0.25, 0.3) is 5.82 Å². The van der Waals surface area contributed by atoms with Gasteiger partial charge in [0.2, 0.25) is 10.0 Å². The summed E-state index contributed by atoms with van der Waals surface area (Å²) in [7, 11) is -4.20. The summed E-state index contributed by atoms with van der Waals surface area (Å²) in [4.78, 5) is 11.2. The molecule has 8 nitrogen and oxygen atoms in total. The molecule has 3 aromatic rings. The van der Waals surface area contributed by atoms with Gasteiger partial charge < -0.3 is 0 Å². The molecule has 136 valence electrons. The van der Waals surface area contributed by atoms with E-state index in [1.54, 1.807) is 18.5 Å². The van der Waals surface area contributed by atoms with Crippen LogP contribution >= 0.6 is 0 Å². The Balaban J connectivity index is 1.73. The third-order valence-corrected chi connectivity index (χ3v) is 4.89. The fraction of sp³-hybridized carbons (Fsp3) is 0.133. The molecule has 0 aliphatic rings. The Morgan fingerprint density at radius 3 is 2.65 bits per heavy atom. The number of rotatable bonds is 6. The summed E-state index contributed by atoms with van der Waals surface area (Å²) < 4.78 is 55.4. The van der Waals surface area contributed by atoms with Gasteiger partial charge >= 0.3 is 0 Å². The van der Waals surface area contributed by atoms with Gasteiger partial charge in [-0.25, -0.2) is 31.3 Å². The minimum Gasteiger partial charge on any atom is -0.268 e. The van der Waals surface area contributed by atoms with Crippen molar-refractivity contribution in [3.05, 3.63) is 70.8 Å². The van der Waals surface area contributed by atoms with Gasteiger partial charge in [-0.3, -0.25) is 4.79 Å². The number of hydrogen-bond acceptors (Lipinski definition) is 5. The van der Waals surface area contributed by atoms with Crippen molar-refractivity contribution < 1.29 is 17.2 Å². The topological polar surface area (TPSA) is 98.9 Å². The molecular weight excluding hydrogens is 368 g/mol. The second-order valence-electron chi connectivity index (χ2n) is 5.18. The van der Waals surface area contributed by atoms with Gasteiger partial charge in [0.15, 0.2) is 5.82 Å². The molecule has 2 heterocycles. The minimum atomic E-state index is -4.20. The van der Waals surface area contributed by atoms with Crippen molar-refractivity contribution >= 4 is 10.0 Å². The molecule has 1 aromatic carbocycles. The van der Waals surface area contributed by atoms with Crippen LogP contribution in [0.5, 0.6) is 0 Å². The Morgan fingerprint density at radius 2 is 1.96 bits per heavy atom. The highest BCUT2D eigenvalue weighted by Gasteiger charge is 2.19. The monoisotopic (exact) mass is 381 g/mol. The van der Waals surface area contributed by atoms with Crippen molar-refractivity contribution in [3.63, 3.8) is 0 Å². The third-order valence-electron chi connectivity index (χ3n) is 3.39. The zero-order valence-corrected chi connectivity index (χ0v) is 14.0. The van der Waals surface area contributed by atoms with Crippen LogP contribution in [0.2, 0.25) is 0 Å². The number of sulfonamides is 1. The van der Waals surface area contributed by atoms with Gasteiger partial charge in [0.05, 0.1) is 6.54 Å². The maximum atomic E-state index is 13.6. The van der Waals surface area contributed by atoms with Gasteiger partial charge in [-0.1, -0.05) is 0 Å². The number of aromatic nitrogens is 4. The molecule has 0 bridgehead atoms. The SMILES string of the molecule is O=c1ccc(-n2cccn2)nn1CCNS(=O)(=O)c1ccc(F)cc1F. The van der Waals surface area contributed by atoms with E-state index in [1.807, 2.05) is 0 Å². The summed E-state index contributed by atoms with van der Waals surface area (Å²) in [5.41, 5.74) is -0.437. The Kier molecular flexibility index (Phi) is 4.91. The predicted octanol–water partition coefficient (Wildman–Crippen LogP) is 0.686. The first kappa shape index (κ1) is 17.9. The molecule has 0 saturated heterocycles. The van der Waals surface area contributed by atoms with Crippen LogP contribution in [0, 0.1) is 11.6 Å². The van der Waals surface area contributed by atoms with Crippen LogP contribution in [0.1, 0.15) is 0 Å². The normalized spacial score (nSPS) is 11.6. The summed E-state index contributed by atoms with van der Waals surface area (Å²) >= 11 is 0. The Morgan fingerprint density at radius 1 is 1.15 bits per heavy atom. The molecule has 2 aromatic heterocycles. The van der Waals surface area contributed by atoms with E-state index in [0.29, 0.717) is 11.9 Å². The molecule has 0 radical (unpaired) electrons. The fourth-order valence-corrected chi connectivity index (χ4v) is 3.26. The molecule has 0 aliphatic carbocycles. The van der Waals surface area contributed by atoms with Crippen molar-refractivity contribution in [2.45, 2.75) is 11.4 Å². The summed E-state index contributed by atoms with van der Waals surface area (Å²) in [6.45, 7) is -0.301. The first-order valence-corrected chi connectivity index (χ1v) is 8.88. The van der Waals surface area contributed by atoms with Crippen LogP contribution in [-0.4, -0.2) is 34.5 Å². The van der Waals surface area contributed by atoms with Gasteiger partial charge in [-0.05, 0) is 24.3 Å². The summed E-state index contributed by atoms with van der Waals surface area (Å²) in [6, 6.07) is 6.59. The molecule has 0 fully saturated rings. The number of benzene rings is 1. The summed E-state index contributed by atoms with van der Waals surface area (Å²) in [5, 5.41) is 8.07. The number of nitrogens with zero attached hydrogens (tertiary/aromatic N) is 4. The van der Waals surface area contributed by atoms with Crippen molar-refractivity contribution in [2.24, 2.45) is 0 Å². The average molecular weight is 381 g/mol. The highest BCUT2D eigenvalue weighted by Crippen LogP contribution is 2.15. The lowest BCUT2D eigenvalue weighted by atomic mass is 10.3. The Labute approximate surface area is 146 Å². The average Bonchev–Trinajstić information content (AvgIpc) is 3.10. The van der Waals surface area contributed by atoms with Crippen LogP contribution < -0.4 is 10.3 Å². The molecule has 0 spiro atoms. The molecule has 0 amide bonds. The van der Waals surface area contributed by atoms with Gasteiger partial charge in [0, 0.05) is 31.1 Å². The van der Waals surface area contributed by atoms with Crippen molar-refractivity contribution in [1.82, 2.24) is 24.3 Å². The Bertz CT molecular complexity index is 1080. The zero-order valence-electron chi connectivity index (χ0n) is 13.2. The van der Waals surface area contributed by atoms with Crippen LogP contribution in [0.15, 0.2) is 58.5 Å². The number of halogens is 2. The maximum Gasteiger partial charge on any atom is 0.266 e. The molecular formula is C15H13F2N5O3S. The van der Waals surface area contributed by atoms with Gasteiger partial charge in [0.1, 0.15) is 16.5 Å². The quantitative estimate of drug-likeness (QED) is 0.677. The maximum absolute atomic E-state index is 13.6. The Hall–Kier alpha value is -2.92. The van der Waals surface area contributed by atoms with E-state index < -0.39 is 32.1 Å². The molecule has 11 heteroatoms. The first-order valence-electron chi connectivity index (χ1n) is 7.40. The highest BCUT2D eigenvalue weighted by molar-refractivity contribution is 7.89. The number of nitrogens with one attached hydrogen (secondary N) is 1. The second kappa shape index (κ2) is 7.14. The van der Waals surface area contributed by atoms with Crippen molar-refractivity contribution in [2.75, 3.05) is 6.54 Å². The lowest BCUT2D eigenvalue weighted by Gasteiger charge is -2.09. The van der Waals surface area contributed by atoms with E-state index in [0.717, 1.165) is 16.8 Å². The predicted molar refractivity (Wildman–Crippen MR) is 87.2 cm³/mol. The van der Waals surface area contributed by atoms with E-state index in [1.165, 1.54) is 16.8 Å². The largest absolute Gasteiger partial charge is 0.268 e. The third kappa shape index (κ3) is 3.83. The molecule has 1 N–H and O–H groups in total. The molecule has 0 aliphatic heterocycles. The van der Waals surface area contributed by atoms with Gasteiger partial charge in [-0.2, -0.15) is 5.10 Å². The lowest BCUT2D eigenvalue weighted by molar-refractivity contribution is 0.529. The van der Waals surface area contributed by atoms with Crippen molar-refractivity contribution in [3.8, 4) is 5.82 Å². The van der Waals surface area contributed by atoms with Gasteiger partial charge in [-0.15, -0.1) is 5.10 Å². The number of hydrogen-bond donors (Lipinski definition) is 1. The van der Waals surface area contributed by atoms with Crippen LogP contribution in [0.4, 0.5) is 8.78 Å². The standard InChI is InChI=1S/C15H13F2N5O3S/c16-11-2-3-13(12(17)10-11)26(24,25)19-7-9-22-15(23)5-4-14(20-22)21-8-1-6-18-21/h1-6,8,10,19H,7,9H2. The van der Waals surface area contributed by atoms with E-state index >= 15 is 0 Å². The van der Waals surface area contributed by atoms with E-state index in [2.05, 4.69) is 14.9 Å². The van der Waals surface area contributed by atoms with Crippen LogP contribution in [-0.2, 0) is 16.6 Å². The summed E-state index contributed by atoms with van der Waals surface area (Å²) in [5.74, 6) is -1.71. The zero-order chi connectivity index (χ0) is 18.7. The van der Waals surface area contributed by atoms with Crippen LogP contribution in [0.3, 0.4) is 0 Å². The second-order valence-corrected chi connectivity index (χ2v) is 6.91. The lowest BCUT2D eigenvalue weighted by Crippen LogP contribution is -2.32. The first-order chi connectivity index (χ1) is 12.4. The van der Waals surface area contributed by atoms with Crippen molar-refractivity contribution in [1.29, 1.82) is 0 Å². The molecule has 3 rings (SSSR count). The molecule has 0 saturated carbocycles. The smallest absolute Gasteiger partial charge is 0.266 e. The fourth-order valence-electron chi connectivity index (χ4n) is 2.18. The minimum absolute atomic E-state index is 0.0873. The molecule has 0 unspecified atom stereocenters. The molecule has 0 atom stereocenters.